The molecule has 24 heavy (non-hydrogen) atoms. The van der Waals surface area contributed by atoms with Crippen molar-refractivity contribution in [3.63, 3.8) is 0 Å². The molecular formula is C17H18ClFN4S. The fourth-order valence-corrected chi connectivity index (χ4v) is 3.37. The highest BCUT2D eigenvalue weighted by atomic mass is 35.5. The van der Waals surface area contributed by atoms with Crippen molar-refractivity contribution in [3.05, 3.63) is 50.7 Å². The molecule has 126 valence electrons. The van der Waals surface area contributed by atoms with E-state index in [1.807, 2.05) is 31.3 Å². The summed E-state index contributed by atoms with van der Waals surface area (Å²) in [5.41, 5.74) is 1.30. The Balaban J connectivity index is 2.18. The van der Waals surface area contributed by atoms with E-state index < -0.39 is 5.92 Å². The monoisotopic (exact) mass is 364 g/mol. The lowest BCUT2D eigenvalue weighted by molar-refractivity contribution is 0.299. The van der Waals surface area contributed by atoms with Gasteiger partial charge in [-0.3, -0.25) is 4.99 Å². The molecule has 1 aromatic heterocycles. The van der Waals surface area contributed by atoms with Crippen LogP contribution in [0.1, 0.15) is 28.2 Å². The average molecular weight is 365 g/mol. The molecule has 0 saturated heterocycles. The molecule has 0 aliphatic carbocycles. The SMILES string of the molecule is Cc1csc([C@@H](C#N)C=NC[C@H](c2c(F)cccc2Cl)N(C)C)n1. The van der Waals surface area contributed by atoms with Crippen LogP contribution in [0.15, 0.2) is 28.6 Å². The molecule has 0 radical (unpaired) electrons. The van der Waals surface area contributed by atoms with E-state index in [1.54, 1.807) is 18.3 Å². The quantitative estimate of drug-likeness (QED) is 0.721. The summed E-state index contributed by atoms with van der Waals surface area (Å²) >= 11 is 7.59. The number of aryl methyl sites for hydroxylation is 1. The van der Waals surface area contributed by atoms with E-state index in [4.69, 9.17) is 11.6 Å². The predicted molar refractivity (Wildman–Crippen MR) is 96.4 cm³/mol. The van der Waals surface area contributed by atoms with Crippen LogP contribution in [0.2, 0.25) is 5.02 Å². The van der Waals surface area contributed by atoms with Gasteiger partial charge < -0.3 is 4.90 Å². The number of halogens is 2. The number of hydrogen-bond acceptors (Lipinski definition) is 5. The molecule has 1 aromatic carbocycles. The van der Waals surface area contributed by atoms with Crippen LogP contribution < -0.4 is 0 Å². The molecule has 0 aliphatic rings. The van der Waals surface area contributed by atoms with Crippen molar-refractivity contribution in [3.8, 4) is 6.07 Å². The summed E-state index contributed by atoms with van der Waals surface area (Å²) in [6.45, 7) is 2.18. The smallest absolute Gasteiger partial charge is 0.133 e. The van der Waals surface area contributed by atoms with Gasteiger partial charge in [-0.2, -0.15) is 5.26 Å². The largest absolute Gasteiger partial charge is 0.301 e. The van der Waals surface area contributed by atoms with Crippen LogP contribution in [0.25, 0.3) is 0 Å². The first-order valence-corrected chi connectivity index (χ1v) is 8.61. The van der Waals surface area contributed by atoms with Crippen molar-refractivity contribution in [2.24, 2.45) is 4.99 Å². The Labute approximate surface area is 150 Å². The van der Waals surface area contributed by atoms with Crippen LogP contribution in [-0.2, 0) is 0 Å². The summed E-state index contributed by atoms with van der Waals surface area (Å²) in [6.07, 6.45) is 1.57. The van der Waals surface area contributed by atoms with E-state index in [2.05, 4.69) is 16.0 Å². The minimum Gasteiger partial charge on any atom is -0.301 e. The zero-order valence-electron chi connectivity index (χ0n) is 13.7. The van der Waals surface area contributed by atoms with Crippen LogP contribution >= 0.6 is 22.9 Å². The Kier molecular flexibility index (Phi) is 6.44. The highest BCUT2D eigenvalue weighted by Crippen LogP contribution is 2.29. The van der Waals surface area contributed by atoms with Crippen molar-refractivity contribution in [2.45, 2.75) is 18.9 Å². The second kappa shape index (κ2) is 8.34. The summed E-state index contributed by atoms with van der Waals surface area (Å²) in [5.74, 6) is -0.855. The first kappa shape index (κ1) is 18.5. The van der Waals surface area contributed by atoms with Gasteiger partial charge in [0.2, 0.25) is 0 Å². The zero-order chi connectivity index (χ0) is 17.7. The van der Waals surface area contributed by atoms with Crippen molar-refractivity contribution in [1.82, 2.24) is 9.88 Å². The van der Waals surface area contributed by atoms with Gasteiger partial charge in [-0.25, -0.2) is 9.37 Å². The molecule has 2 aromatic rings. The third kappa shape index (κ3) is 4.38. The van der Waals surface area contributed by atoms with Gasteiger partial charge in [0.25, 0.3) is 0 Å². The van der Waals surface area contributed by atoms with E-state index in [-0.39, 0.29) is 11.9 Å². The Hall–Kier alpha value is -1.81. The summed E-state index contributed by atoms with van der Waals surface area (Å²) in [6, 6.07) is 6.50. The molecule has 2 atom stereocenters. The summed E-state index contributed by atoms with van der Waals surface area (Å²) in [4.78, 5) is 10.5. The molecule has 7 heteroatoms. The normalized spacial score (nSPS) is 14.0. The third-order valence-electron chi connectivity index (χ3n) is 3.53. The maximum Gasteiger partial charge on any atom is 0.133 e. The number of nitrogens with zero attached hydrogens (tertiary/aromatic N) is 4. The number of rotatable bonds is 6. The van der Waals surface area contributed by atoms with Gasteiger partial charge in [-0.15, -0.1) is 11.3 Å². The molecule has 0 spiro atoms. The number of nitriles is 1. The molecule has 1 heterocycles. The van der Waals surface area contributed by atoms with E-state index in [0.29, 0.717) is 22.1 Å². The number of thiazole rings is 1. The lowest BCUT2D eigenvalue weighted by Gasteiger charge is -2.24. The maximum absolute atomic E-state index is 14.2. The lowest BCUT2D eigenvalue weighted by Crippen LogP contribution is -2.24. The van der Waals surface area contributed by atoms with Gasteiger partial charge >= 0.3 is 0 Å². The third-order valence-corrected chi connectivity index (χ3v) is 4.91. The van der Waals surface area contributed by atoms with Gasteiger partial charge in [0, 0.05) is 27.9 Å². The first-order chi connectivity index (χ1) is 11.4. The van der Waals surface area contributed by atoms with E-state index in [1.165, 1.54) is 17.4 Å². The van der Waals surface area contributed by atoms with Crippen LogP contribution in [0.3, 0.4) is 0 Å². The molecule has 0 unspecified atom stereocenters. The Morgan fingerprint density at radius 2 is 2.25 bits per heavy atom. The van der Waals surface area contributed by atoms with Crippen LogP contribution in [0.4, 0.5) is 4.39 Å². The van der Waals surface area contributed by atoms with Crippen molar-refractivity contribution in [1.29, 1.82) is 5.26 Å². The Morgan fingerprint density at radius 1 is 1.50 bits per heavy atom. The van der Waals surface area contributed by atoms with Crippen molar-refractivity contribution >= 4 is 29.2 Å². The predicted octanol–water partition coefficient (Wildman–Crippen LogP) is 4.22. The first-order valence-electron chi connectivity index (χ1n) is 7.36. The maximum atomic E-state index is 14.2. The fourth-order valence-electron chi connectivity index (χ4n) is 2.28. The topological polar surface area (TPSA) is 52.3 Å². The van der Waals surface area contributed by atoms with E-state index >= 15 is 0 Å². The molecule has 2 rings (SSSR count). The number of likely N-dealkylation sites (N-methyl/N-ethyl adjacent to an activating group) is 1. The Bertz CT molecular complexity index is 746. The second-order valence-corrected chi connectivity index (χ2v) is 6.86. The molecule has 0 saturated carbocycles. The van der Waals surface area contributed by atoms with Crippen molar-refractivity contribution < 1.29 is 4.39 Å². The number of aliphatic imine (C=N–C) groups is 1. The summed E-state index contributed by atoms with van der Waals surface area (Å²) in [5, 5.41) is 12.3. The van der Waals surface area contributed by atoms with Crippen LogP contribution in [-0.4, -0.2) is 36.7 Å². The molecule has 4 nitrogen and oxygen atoms in total. The number of aromatic nitrogens is 1. The highest BCUT2D eigenvalue weighted by Gasteiger charge is 2.21. The minimum atomic E-state index is -0.498. The average Bonchev–Trinajstić information content (AvgIpc) is 2.95. The van der Waals surface area contributed by atoms with Crippen molar-refractivity contribution in [2.75, 3.05) is 20.6 Å². The van der Waals surface area contributed by atoms with Crippen LogP contribution in [0.5, 0.6) is 0 Å². The molecule has 0 amide bonds. The standard InChI is InChI=1S/C17H18ClFN4S/c1-11-10-24-17(22-11)12(7-20)8-21-9-15(23(2)3)16-13(18)5-4-6-14(16)19/h4-6,8,10,12,15H,9H2,1-3H3/t12-,15+/m0/s1. The molecule has 0 bridgehead atoms. The molecule has 0 fully saturated rings. The minimum absolute atomic E-state index is 0.302. The molecular weight excluding hydrogens is 347 g/mol. The lowest BCUT2D eigenvalue weighted by atomic mass is 10.1. The van der Waals surface area contributed by atoms with Gasteiger partial charge in [0.1, 0.15) is 16.7 Å². The molecule has 0 N–H and O–H groups in total. The zero-order valence-corrected chi connectivity index (χ0v) is 15.3. The number of benzene rings is 1. The Morgan fingerprint density at radius 3 is 2.79 bits per heavy atom. The van der Waals surface area contributed by atoms with Gasteiger partial charge in [0.05, 0.1) is 18.7 Å². The summed E-state index contributed by atoms with van der Waals surface area (Å²) < 4.78 is 14.2. The second-order valence-electron chi connectivity index (χ2n) is 5.56. The van der Waals surface area contributed by atoms with E-state index in [9.17, 15) is 9.65 Å². The molecule has 0 aliphatic heterocycles. The summed E-state index contributed by atoms with van der Waals surface area (Å²) in [7, 11) is 3.68. The number of hydrogen-bond donors (Lipinski definition) is 0. The van der Waals surface area contributed by atoms with E-state index in [0.717, 1.165) is 5.69 Å². The fraction of sp³-hybridized carbons (Fsp3) is 0.353. The van der Waals surface area contributed by atoms with Gasteiger partial charge in [-0.05, 0) is 33.2 Å². The highest BCUT2D eigenvalue weighted by molar-refractivity contribution is 7.09. The van der Waals surface area contributed by atoms with Gasteiger partial charge in [-0.1, -0.05) is 17.7 Å². The van der Waals surface area contributed by atoms with Gasteiger partial charge in [0.15, 0.2) is 0 Å². The van der Waals surface area contributed by atoms with Crippen LogP contribution in [0, 0.1) is 24.1 Å².